The number of nitrogens with one attached hydrogen (secondary N) is 1. The van der Waals surface area contributed by atoms with Crippen LogP contribution in [0.1, 0.15) is 20.3 Å². The van der Waals surface area contributed by atoms with E-state index in [4.69, 9.17) is 10.5 Å². The molecular formula is C12H17N3O4. The van der Waals surface area contributed by atoms with Crippen molar-refractivity contribution in [1.29, 1.82) is 0 Å². The molecule has 0 aliphatic heterocycles. The van der Waals surface area contributed by atoms with Crippen LogP contribution >= 0.6 is 0 Å². The number of nitro benzene ring substituents is 1. The van der Waals surface area contributed by atoms with E-state index in [-0.39, 0.29) is 12.1 Å². The van der Waals surface area contributed by atoms with Crippen molar-refractivity contribution >= 4 is 17.3 Å². The number of hydrogen-bond acceptors (Lipinski definition) is 5. The molecule has 7 nitrogen and oxygen atoms in total. The van der Waals surface area contributed by atoms with Crippen molar-refractivity contribution in [2.24, 2.45) is 5.73 Å². The summed E-state index contributed by atoms with van der Waals surface area (Å²) in [5.41, 5.74) is 4.96. The summed E-state index contributed by atoms with van der Waals surface area (Å²) in [6.45, 7) is 3.56. The van der Waals surface area contributed by atoms with Gasteiger partial charge in [-0.25, -0.2) is 0 Å². The van der Waals surface area contributed by atoms with Crippen LogP contribution in [0.5, 0.6) is 5.75 Å². The first-order valence-corrected chi connectivity index (χ1v) is 5.63. The monoisotopic (exact) mass is 267 g/mol. The topological polar surface area (TPSA) is 107 Å². The second-order valence-corrected chi connectivity index (χ2v) is 4.83. The molecule has 104 valence electrons. The van der Waals surface area contributed by atoms with Crippen molar-refractivity contribution in [3.05, 3.63) is 28.3 Å². The third-order valence-corrected chi connectivity index (χ3v) is 2.44. The second kappa shape index (κ2) is 5.55. The molecule has 0 unspecified atom stereocenters. The van der Waals surface area contributed by atoms with Gasteiger partial charge in [0.25, 0.3) is 5.69 Å². The van der Waals surface area contributed by atoms with Gasteiger partial charge in [-0.3, -0.25) is 14.9 Å². The number of carbonyl (C=O) groups is 1. The summed E-state index contributed by atoms with van der Waals surface area (Å²) in [6.07, 6.45) is 0.109. The fraction of sp³-hybridized carbons (Fsp3) is 0.417. The van der Waals surface area contributed by atoms with Crippen LogP contribution in [-0.4, -0.2) is 23.5 Å². The fourth-order valence-corrected chi connectivity index (χ4v) is 1.75. The Balaban J connectivity index is 3.03. The molecule has 19 heavy (non-hydrogen) atoms. The van der Waals surface area contributed by atoms with Crippen molar-refractivity contribution in [2.75, 3.05) is 12.4 Å². The molecule has 0 radical (unpaired) electrons. The molecule has 0 aromatic heterocycles. The third kappa shape index (κ3) is 4.46. The number of rotatable bonds is 6. The van der Waals surface area contributed by atoms with E-state index >= 15 is 0 Å². The lowest BCUT2D eigenvalue weighted by atomic mass is 10.00. The highest BCUT2D eigenvalue weighted by molar-refractivity contribution is 5.75. The van der Waals surface area contributed by atoms with Gasteiger partial charge in [0.05, 0.1) is 18.1 Å². The van der Waals surface area contributed by atoms with Crippen molar-refractivity contribution in [3.8, 4) is 5.75 Å². The van der Waals surface area contributed by atoms with Gasteiger partial charge in [-0.1, -0.05) is 0 Å². The molecule has 0 atom stereocenters. The molecule has 0 saturated heterocycles. The predicted octanol–water partition coefficient (Wildman–Crippen LogP) is 1.67. The molecular weight excluding hydrogens is 250 g/mol. The van der Waals surface area contributed by atoms with Crippen molar-refractivity contribution in [1.82, 2.24) is 0 Å². The number of nitrogens with two attached hydrogens (primary N) is 1. The minimum Gasteiger partial charge on any atom is -0.496 e. The maximum atomic E-state index is 11.0. The largest absolute Gasteiger partial charge is 0.496 e. The lowest BCUT2D eigenvalue weighted by Crippen LogP contribution is -2.35. The van der Waals surface area contributed by atoms with Gasteiger partial charge in [0.1, 0.15) is 5.75 Å². The summed E-state index contributed by atoms with van der Waals surface area (Å²) in [5.74, 6) is -0.0820. The number of ether oxygens (including phenoxy) is 1. The Labute approximate surface area is 110 Å². The Bertz CT molecular complexity index is 500. The van der Waals surface area contributed by atoms with E-state index in [2.05, 4.69) is 5.32 Å². The number of nitrogens with zero attached hydrogens (tertiary/aromatic N) is 1. The van der Waals surface area contributed by atoms with Crippen LogP contribution in [0.2, 0.25) is 0 Å². The Morgan fingerprint density at radius 3 is 2.58 bits per heavy atom. The summed E-state index contributed by atoms with van der Waals surface area (Å²) >= 11 is 0. The van der Waals surface area contributed by atoms with Gasteiger partial charge in [0.2, 0.25) is 5.91 Å². The summed E-state index contributed by atoms with van der Waals surface area (Å²) < 4.78 is 5.01. The molecule has 0 spiro atoms. The van der Waals surface area contributed by atoms with Gasteiger partial charge in [-0.2, -0.15) is 0 Å². The first-order valence-electron chi connectivity index (χ1n) is 5.63. The van der Waals surface area contributed by atoms with Crippen LogP contribution in [0.3, 0.4) is 0 Å². The number of anilines is 1. The van der Waals surface area contributed by atoms with Crippen LogP contribution in [0, 0.1) is 10.1 Å². The average Bonchev–Trinajstić information content (AvgIpc) is 2.25. The summed E-state index contributed by atoms with van der Waals surface area (Å²) in [7, 11) is 1.43. The van der Waals surface area contributed by atoms with Gasteiger partial charge >= 0.3 is 0 Å². The third-order valence-electron chi connectivity index (χ3n) is 2.44. The molecule has 1 rings (SSSR count). The first kappa shape index (κ1) is 14.7. The maximum absolute atomic E-state index is 11.0. The number of nitro groups is 1. The van der Waals surface area contributed by atoms with Crippen LogP contribution in [-0.2, 0) is 4.79 Å². The summed E-state index contributed by atoms with van der Waals surface area (Å²) in [5, 5.41) is 13.8. The SMILES string of the molecule is COc1cc(NC(C)(C)CC(N)=O)cc([N+](=O)[O-])c1. The van der Waals surface area contributed by atoms with Crippen LogP contribution in [0.25, 0.3) is 0 Å². The Morgan fingerprint density at radius 2 is 2.11 bits per heavy atom. The zero-order chi connectivity index (χ0) is 14.6. The lowest BCUT2D eigenvalue weighted by molar-refractivity contribution is -0.384. The highest BCUT2D eigenvalue weighted by Gasteiger charge is 2.21. The minimum absolute atomic E-state index is 0.0864. The smallest absolute Gasteiger partial charge is 0.275 e. The number of carbonyl (C=O) groups excluding carboxylic acids is 1. The quantitative estimate of drug-likeness (QED) is 0.602. The predicted molar refractivity (Wildman–Crippen MR) is 71.2 cm³/mol. The molecule has 0 aliphatic carbocycles. The number of hydrogen-bond donors (Lipinski definition) is 2. The van der Waals surface area contributed by atoms with Gasteiger partial charge in [0, 0.05) is 29.8 Å². The van der Waals surface area contributed by atoms with Gasteiger partial charge in [-0.05, 0) is 13.8 Å². The molecule has 1 amide bonds. The van der Waals surface area contributed by atoms with Crippen LogP contribution in [0.15, 0.2) is 18.2 Å². The zero-order valence-electron chi connectivity index (χ0n) is 11.1. The molecule has 1 aromatic carbocycles. The molecule has 7 heteroatoms. The molecule has 0 bridgehead atoms. The van der Waals surface area contributed by atoms with Crippen molar-refractivity contribution in [2.45, 2.75) is 25.8 Å². The number of non-ortho nitro benzene ring substituents is 1. The van der Waals surface area contributed by atoms with Crippen molar-refractivity contribution in [3.63, 3.8) is 0 Å². The molecule has 0 aliphatic rings. The minimum atomic E-state index is -0.605. The van der Waals surface area contributed by atoms with Gasteiger partial charge in [-0.15, -0.1) is 0 Å². The number of methoxy groups -OCH3 is 1. The standard InChI is InChI=1S/C12H17N3O4/c1-12(2,7-11(13)16)14-8-4-9(15(17)18)6-10(5-8)19-3/h4-6,14H,7H2,1-3H3,(H2,13,16). The molecule has 0 heterocycles. The molecule has 1 aromatic rings. The van der Waals surface area contributed by atoms with Crippen LogP contribution < -0.4 is 15.8 Å². The molecule has 0 saturated carbocycles. The molecule has 3 N–H and O–H groups in total. The highest BCUT2D eigenvalue weighted by atomic mass is 16.6. The van der Waals surface area contributed by atoms with E-state index in [1.807, 2.05) is 0 Å². The van der Waals surface area contributed by atoms with Crippen molar-refractivity contribution < 1.29 is 14.5 Å². The van der Waals surface area contributed by atoms with Gasteiger partial charge in [0.15, 0.2) is 0 Å². The Kier molecular flexibility index (Phi) is 4.31. The van der Waals surface area contributed by atoms with E-state index in [0.29, 0.717) is 11.4 Å². The summed E-state index contributed by atoms with van der Waals surface area (Å²) in [6, 6.07) is 4.33. The number of amides is 1. The highest BCUT2D eigenvalue weighted by Crippen LogP contribution is 2.28. The van der Waals surface area contributed by atoms with Gasteiger partial charge < -0.3 is 15.8 Å². The van der Waals surface area contributed by atoms with E-state index in [1.165, 1.54) is 19.2 Å². The molecule has 0 fully saturated rings. The lowest BCUT2D eigenvalue weighted by Gasteiger charge is -2.26. The van der Waals surface area contributed by atoms with E-state index < -0.39 is 16.4 Å². The summed E-state index contributed by atoms with van der Waals surface area (Å²) in [4.78, 5) is 21.3. The van der Waals surface area contributed by atoms with E-state index in [1.54, 1.807) is 19.9 Å². The zero-order valence-corrected chi connectivity index (χ0v) is 11.1. The fourth-order valence-electron chi connectivity index (χ4n) is 1.75. The number of primary amides is 1. The Hall–Kier alpha value is -2.31. The second-order valence-electron chi connectivity index (χ2n) is 4.83. The Morgan fingerprint density at radius 1 is 1.47 bits per heavy atom. The van der Waals surface area contributed by atoms with E-state index in [0.717, 1.165) is 0 Å². The average molecular weight is 267 g/mol. The first-order chi connectivity index (χ1) is 8.73. The maximum Gasteiger partial charge on any atom is 0.275 e. The number of benzene rings is 1. The normalized spacial score (nSPS) is 10.9. The van der Waals surface area contributed by atoms with E-state index in [9.17, 15) is 14.9 Å². The van der Waals surface area contributed by atoms with Crippen LogP contribution in [0.4, 0.5) is 11.4 Å².